The lowest BCUT2D eigenvalue weighted by molar-refractivity contribution is -0.0591. The molecule has 3 aromatic heterocycles. The molecule has 0 aliphatic carbocycles. The van der Waals surface area contributed by atoms with Crippen molar-refractivity contribution in [3.8, 4) is 5.88 Å². The molecule has 10 nitrogen and oxygen atoms in total. The quantitative estimate of drug-likeness (QED) is 0.157. The van der Waals surface area contributed by atoms with Crippen LogP contribution in [0.3, 0.4) is 0 Å². The average molecular weight is 696 g/mol. The number of benzene rings is 3. The van der Waals surface area contributed by atoms with Crippen molar-refractivity contribution in [2.75, 3.05) is 25.0 Å². The Morgan fingerprint density at radius 3 is 2.78 bits per heavy atom. The van der Waals surface area contributed by atoms with Crippen molar-refractivity contribution in [1.29, 1.82) is 0 Å². The number of imidazole rings is 1. The van der Waals surface area contributed by atoms with E-state index < -0.39 is 11.8 Å². The number of rotatable bonds is 10. The summed E-state index contributed by atoms with van der Waals surface area (Å²) in [5, 5.41) is 9.70. The molecule has 0 spiro atoms. The van der Waals surface area contributed by atoms with Gasteiger partial charge in [0.05, 0.1) is 46.8 Å². The van der Waals surface area contributed by atoms with Crippen molar-refractivity contribution in [3.05, 3.63) is 118 Å². The van der Waals surface area contributed by atoms with Gasteiger partial charge in [0.15, 0.2) is 0 Å². The van der Waals surface area contributed by atoms with E-state index in [1.165, 1.54) is 6.07 Å². The highest BCUT2D eigenvalue weighted by atomic mass is 35.5. The number of hydrogen-bond donors (Lipinski definition) is 2. The number of halogens is 3. The van der Waals surface area contributed by atoms with E-state index in [4.69, 9.17) is 26.1 Å². The number of hydrogen-bond acceptors (Lipinski definition) is 7. The number of H-pyrrole nitrogens is 1. The summed E-state index contributed by atoms with van der Waals surface area (Å²) in [5.41, 5.74) is 5.47. The Balaban J connectivity index is 0.965. The van der Waals surface area contributed by atoms with E-state index in [1.807, 2.05) is 18.2 Å². The van der Waals surface area contributed by atoms with Crippen LogP contribution in [-0.4, -0.2) is 61.3 Å². The third-order valence-electron chi connectivity index (χ3n) is 9.14. The van der Waals surface area contributed by atoms with Crippen molar-refractivity contribution >= 4 is 50.7 Å². The molecule has 1 fully saturated rings. The molecule has 13 heteroatoms. The van der Waals surface area contributed by atoms with E-state index in [0.717, 1.165) is 54.1 Å². The fraction of sp³-hybridized carbons (Fsp3) is 0.243. The van der Waals surface area contributed by atoms with Crippen molar-refractivity contribution in [2.45, 2.75) is 38.6 Å². The molecule has 2 aliphatic rings. The number of carbonyl (C=O) groups is 1. The number of nitrogens with zero attached hydrogens (tertiary/aromatic N) is 5. The lowest BCUT2D eigenvalue weighted by Crippen LogP contribution is -2.33. The van der Waals surface area contributed by atoms with Gasteiger partial charge < -0.3 is 19.4 Å². The normalized spacial score (nSPS) is 16.4. The van der Waals surface area contributed by atoms with E-state index in [0.29, 0.717) is 58.3 Å². The van der Waals surface area contributed by atoms with Crippen LogP contribution in [-0.2, 0) is 24.4 Å². The predicted octanol–water partition coefficient (Wildman–Crippen LogP) is 7.15. The minimum Gasteiger partial charge on any atom is -0.473 e. The highest BCUT2D eigenvalue weighted by Gasteiger charge is 2.24. The summed E-state index contributed by atoms with van der Waals surface area (Å²) in [4.78, 5) is 25.2. The van der Waals surface area contributed by atoms with E-state index >= 15 is 0 Å². The van der Waals surface area contributed by atoms with Crippen LogP contribution < -0.4 is 10.1 Å². The zero-order valence-electron chi connectivity index (χ0n) is 26.8. The van der Waals surface area contributed by atoms with Crippen LogP contribution in [0.5, 0.6) is 5.88 Å². The SMILES string of the molecule is O=C(Nc1ccc2[nH]nc(F)c2c1)c1ccc2c(c1)nc(CN1CC=C(c3cccc(OCc4ccc(Cl)cc4F)n3)CC1)n2C[C@@H]1CCO1. The minimum atomic E-state index is -0.619. The highest BCUT2D eigenvalue weighted by molar-refractivity contribution is 6.30. The Morgan fingerprint density at radius 2 is 1.98 bits per heavy atom. The van der Waals surface area contributed by atoms with Gasteiger partial charge in [0.1, 0.15) is 18.2 Å². The molecular weight excluding hydrogens is 664 g/mol. The van der Waals surface area contributed by atoms with Gasteiger partial charge in [0, 0.05) is 47.6 Å². The number of ether oxygens (including phenoxy) is 2. The first kappa shape index (κ1) is 32.1. The third-order valence-corrected chi connectivity index (χ3v) is 9.38. The minimum absolute atomic E-state index is 0.0504. The van der Waals surface area contributed by atoms with E-state index in [2.05, 4.69) is 36.0 Å². The van der Waals surface area contributed by atoms with Gasteiger partial charge in [-0.3, -0.25) is 14.8 Å². The number of nitrogens with one attached hydrogen (secondary N) is 2. The zero-order valence-corrected chi connectivity index (χ0v) is 27.6. The first-order valence-corrected chi connectivity index (χ1v) is 16.8. The summed E-state index contributed by atoms with van der Waals surface area (Å²) in [6.45, 7) is 3.60. The molecule has 1 atom stereocenters. The Morgan fingerprint density at radius 1 is 1.08 bits per heavy atom. The number of carbonyl (C=O) groups excluding carboxylic acids is 1. The van der Waals surface area contributed by atoms with Crippen LogP contribution in [0.1, 0.15) is 40.3 Å². The number of fused-ring (bicyclic) bond motifs is 2. The maximum Gasteiger partial charge on any atom is 0.255 e. The number of anilines is 1. The summed E-state index contributed by atoms with van der Waals surface area (Å²) in [6, 6.07) is 20.6. The monoisotopic (exact) mass is 695 g/mol. The van der Waals surface area contributed by atoms with Gasteiger partial charge in [-0.15, -0.1) is 5.10 Å². The molecule has 50 heavy (non-hydrogen) atoms. The molecule has 6 aromatic rings. The first-order valence-electron chi connectivity index (χ1n) is 16.4. The summed E-state index contributed by atoms with van der Waals surface area (Å²) in [5.74, 6) is -0.0294. The second-order valence-electron chi connectivity index (χ2n) is 12.5. The summed E-state index contributed by atoms with van der Waals surface area (Å²) < 4.78 is 42.0. The molecule has 254 valence electrons. The second kappa shape index (κ2) is 13.6. The van der Waals surface area contributed by atoms with Crippen LogP contribution >= 0.6 is 11.6 Å². The summed E-state index contributed by atoms with van der Waals surface area (Å²) in [7, 11) is 0. The zero-order chi connectivity index (χ0) is 34.2. The molecule has 0 radical (unpaired) electrons. The maximum atomic E-state index is 14.2. The van der Waals surface area contributed by atoms with Gasteiger partial charge in [-0.25, -0.2) is 14.4 Å². The number of aromatic amines is 1. The van der Waals surface area contributed by atoms with Gasteiger partial charge >= 0.3 is 0 Å². The van der Waals surface area contributed by atoms with Crippen molar-refractivity contribution in [2.24, 2.45) is 0 Å². The lowest BCUT2D eigenvalue weighted by Gasteiger charge is -2.29. The topological polar surface area (TPSA) is 110 Å². The summed E-state index contributed by atoms with van der Waals surface area (Å²) >= 11 is 5.87. The van der Waals surface area contributed by atoms with Crippen LogP contribution in [0.25, 0.3) is 27.5 Å². The van der Waals surface area contributed by atoms with Gasteiger partial charge in [-0.1, -0.05) is 29.8 Å². The molecule has 2 N–H and O–H groups in total. The van der Waals surface area contributed by atoms with Crippen LogP contribution in [0.15, 0.2) is 78.9 Å². The molecular formula is C37H32ClF2N7O3. The molecule has 0 saturated carbocycles. The van der Waals surface area contributed by atoms with Gasteiger partial charge in [0.25, 0.3) is 5.91 Å². The first-order chi connectivity index (χ1) is 24.4. The smallest absolute Gasteiger partial charge is 0.255 e. The Labute approximate surface area is 290 Å². The Hall–Kier alpha value is -5.17. The molecule has 2 aliphatic heterocycles. The average Bonchev–Trinajstić information content (AvgIpc) is 3.64. The van der Waals surface area contributed by atoms with Crippen molar-refractivity contribution in [1.82, 2.24) is 29.6 Å². The predicted molar refractivity (Wildman–Crippen MR) is 186 cm³/mol. The standard InChI is InChI=1S/C37H32ClF2N7O3/c38-25-6-4-24(29(39)17-25)21-50-35-3-1-2-30(43-35)22-10-13-46(14-11-22)20-34-42-32-16-23(5-9-33(32)47(34)19-27-12-15-49-27)37(48)41-26-7-8-31-28(18-26)36(40)45-44-31/h1-10,16-18,27H,11-15,19-21H2,(H,41,48)(H,44,45)/t27-/m0/s1. The van der Waals surface area contributed by atoms with Crippen molar-refractivity contribution < 1.29 is 23.0 Å². The van der Waals surface area contributed by atoms with Gasteiger partial charge in [-0.05, 0) is 73.0 Å². The Kier molecular flexibility index (Phi) is 8.73. The van der Waals surface area contributed by atoms with Gasteiger partial charge in [0.2, 0.25) is 11.8 Å². The third kappa shape index (κ3) is 6.69. The summed E-state index contributed by atoms with van der Waals surface area (Å²) in [6.07, 6.45) is 4.07. The lowest BCUT2D eigenvalue weighted by atomic mass is 10.0. The number of aromatic nitrogens is 5. The molecule has 0 bridgehead atoms. The highest BCUT2D eigenvalue weighted by Crippen LogP contribution is 2.27. The largest absolute Gasteiger partial charge is 0.473 e. The molecule has 5 heterocycles. The second-order valence-corrected chi connectivity index (χ2v) is 12.9. The van der Waals surface area contributed by atoms with E-state index in [1.54, 1.807) is 48.5 Å². The Bertz CT molecular complexity index is 2270. The van der Waals surface area contributed by atoms with Crippen molar-refractivity contribution in [3.63, 3.8) is 0 Å². The fourth-order valence-corrected chi connectivity index (χ4v) is 6.45. The molecule has 3 aromatic carbocycles. The van der Waals surface area contributed by atoms with E-state index in [-0.39, 0.29) is 18.6 Å². The van der Waals surface area contributed by atoms with Crippen LogP contribution in [0.4, 0.5) is 14.5 Å². The molecule has 1 amide bonds. The number of pyridine rings is 1. The fourth-order valence-electron chi connectivity index (χ4n) is 6.29. The molecule has 1 saturated heterocycles. The molecule has 8 rings (SSSR count). The maximum absolute atomic E-state index is 14.2. The van der Waals surface area contributed by atoms with Crippen LogP contribution in [0.2, 0.25) is 5.02 Å². The van der Waals surface area contributed by atoms with E-state index in [9.17, 15) is 13.6 Å². The van der Waals surface area contributed by atoms with Gasteiger partial charge in [-0.2, -0.15) is 4.39 Å². The molecule has 0 unspecified atom stereocenters. The number of amides is 1. The van der Waals surface area contributed by atoms with Crippen LogP contribution in [0, 0.1) is 11.8 Å².